The summed E-state index contributed by atoms with van der Waals surface area (Å²) in [7, 11) is 0. The number of amides is 2. The molecule has 3 rings (SSSR count). The number of nitrogens with zero attached hydrogens (tertiary/aromatic N) is 3. The zero-order chi connectivity index (χ0) is 16.2. The molecule has 2 aromatic rings. The number of nitrogens with one attached hydrogen (secondary N) is 1. The number of rotatable bonds is 4. The lowest BCUT2D eigenvalue weighted by molar-refractivity contribution is 0.177. The van der Waals surface area contributed by atoms with Crippen LogP contribution in [-0.4, -0.2) is 40.1 Å². The number of hydrogen-bond donors (Lipinski definition) is 1. The highest BCUT2D eigenvalue weighted by Crippen LogP contribution is 2.16. The quantitative estimate of drug-likeness (QED) is 0.934. The molecular formula is C16H20N4O2S. The van der Waals surface area contributed by atoms with Crippen LogP contribution in [0, 0.1) is 13.8 Å². The van der Waals surface area contributed by atoms with Gasteiger partial charge >= 0.3 is 12.0 Å². The van der Waals surface area contributed by atoms with E-state index < -0.39 is 0 Å². The van der Waals surface area contributed by atoms with Gasteiger partial charge in [-0.2, -0.15) is 0 Å². The number of aromatic nitrogens is 2. The average Bonchev–Trinajstić information content (AvgIpc) is 3.15. The summed E-state index contributed by atoms with van der Waals surface area (Å²) in [6.07, 6.45) is 0.742. The normalized spacial score (nSPS) is 17.3. The van der Waals surface area contributed by atoms with Gasteiger partial charge in [0.1, 0.15) is 6.10 Å². The number of carbonyl (C=O) groups is 1. The number of urea groups is 1. The van der Waals surface area contributed by atoms with Crippen molar-refractivity contribution in [3.05, 3.63) is 39.8 Å². The van der Waals surface area contributed by atoms with Crippen LogP contribution in [0.15, 0.2) is 23.6 Å². The monoisotopic (exact) mass is 332 g/mol. The van der Waals surface area contributed by atoms with Gasteiger partial charge in [0, 0.05) is 29.2 Å². The fraction of sp³-hybridized carbons (Fsp3) is 0.438. The summed E-state index contributed by atoms with van der Waals surface area (Å²) >= 11 is 1.64. The molecule has 1 atom stereocenters. The first-order valence-corrected chi connectivity index (χ1v) is 8.52. The summed E-state index contributed by atoms with van der Waals surface area (Å²) in [4.78, 5) is 23.7. The van der Waals surface area contributed by atoms with Gasteiger partial charge in [0.15, 0.2) is 0 Å². The number of ether oxygens (including phenoxy) is 1. The number of likely N-dealkylation sites (tertiary alicyclic amines) is 1. The van der Waals surface area contributed by atoms with E-state index in [0.717, 1.165) is 22.7 Å². The first kappa shape index (κ1) is 15.7. The van der Waals surface area contributed by atoms with Gasteiger partial charge in [-0.25, -0.2) is 14.8 Å². The second kappa shape index (κ2) is 6.95. The molecule has 122 valence electrons. The van der Waals surface area contributed by atoms with E-state index in [9.17, 15) is 4.79 Å². The van der Waals surface area contributed by atoms with E-state index in [1.807, 2.05) is 37.4 Å². The zero-order valence-electron chi connectivity index (χ0n) is 13.3. The molecule has 2 amide bonds. The zero-order valence-corrected chi connectivity index (χ0v) is 14.1. The maximum Gasteiger partial charge on any atom is 0.317 e. The average molecular weight is 332 g/mol. The molecule has 0 radical (unpaired) electrons. The Hall–Kier alpha value is -2.15. The van der Waals surface area contributed by atoms with Crippen LogP contribution >= 0.6 is 11.3 Å². The lowest BCUT2D eigenvalue weighted by Gasteiger charge is -2.17. The molecule has 0 bridgehead atoms. The van der Waals surface area contributed by atoms with Crippen LogP contribution in [0.25, 0.3) is 0 Å². The first-order valence-electron chi connectivity index (χ1n) is 7.64. The molecule has 1 aliphatic rings. The van der Waals surface area contributed by atoms with Crippen molar-refractivity contribution in [2.45, 2.75) is 32.9 Å². The molecule has 23 heavy (non-hydrogen) atoms. The van der Waals surface area contributed by atoms with Crippen molar-refractivity contribution in [3.8, 4) is 6.01 Å². The third-order valence-electron chi connectivity index (χ3n) is 3.66. The molecule has 0 aromatic carbocycles. The predicted molar refractivity (Wildman–Crippen MR) is 88.7 cm³/mol. The fourth-order valence-electron chi connectivity index (χ4n) is 2.59. The third kappa shape index (κ3) is 4.19. The van der Waals surface area contributed by atoms with Crippen molar-refractivity contribution in [2.75, 3.05) is 13.1 Å². The molecule has 3 heterocycles. The molecule has 7 heteroatoms. The van der Waals surface area contributed by atoms with Crippen molar-refractivity contribution in [3.63, 3.8) is 0 Å². The Bertz CT molecular complexity index is 654. The standard InChI is InChI=1S/C16H20N4O2S/c1-11-8-12(2)19-15(18-11)22-13-5-6-20(10-13)16(21)17-9-14-4-3-7-23-14/h3-4,7-8,13H,5-6,9-10H2,1-2H3,(H,17,21)/t13-/m0/s1. The van der Waals surface area contributed by atoms with Gasteiger partial charge in [-0.05, 0) is 31.4 Å². The number of thiophene rings is 1. The van der Waals surface area contributed by atoms with E-state index in [0.29, 0.717) is 25.6 Å². The number of aryl methyl sites for hydroxylation is 2. The SMILES string of the molecule is Cc1cc(C)nc(O[C@H]2CCN(C(=O)NCc3cccs3)C2)n1. The number of hydrogen-bond acceptors (Lipinski definition) is 5. The molecule has 0 aliphatic carbocycles. The Kier molecular flexibility index (Phi) is 4.76. The molecule has 1 N–H and O–H groups in total. The molecule has 1 aliphatic heterocycles. The minimum absolute atomic E-state index is 0.0501. The molecule has 0 saturated carbocycles. The van der Waals surface area contributed by atoms with E-state index in [1.54, 1.807) is 16.2 Å². The lowest BCUT2D eigenvalue weighted by atomic mass is 10.3. The van der Waals surface area contributed by atoms with Crippen molar-refractivity contribution in [1.29, 1.82) is 0 Å². The summed E-state index contributed by atoms with van der Waals surface area (Å²) in [5, 5.41) is 4.95. The summed E-state index contributed by atoms with van der Waals surface area (Å²) in [5.74, 6) is 0. The van der Waals surface area contributed by atoms with Gasteiger partial charge in [-0.15, -0.1) is 11.3 Å². The van der Waals surface area contributed by atoms with E-state index in [-0.39, 0.29) is 12.1 Å². The maximum absolute atomic E-state index is 12.2. The molecule has 0 unspecified atom stereocenters. The van der Waals surface area contributed by atoms with Crippen LogP contribution in [0.5, 0.6) is 6.01 Å². The highest BCUT2D eigenvalue weighted by Gasteiger charge is 2.28. The van der Waals surface area contributed by atoms with Gasteiger partial charge < -0.3 is 15.0 Å². The van der Waals surface area contributed by atoms with Crippen molar-refractivity contribution in [1.82, 2.24) is 20.2 Å². The summed E-state index contributed by atoms with van der Waals surface area (Å²) in [5.41, 5.74) is 1.77. The van der Waals surface area contributed by atoms with Crippen molar-refractivity contribution >= 4 is 17.4 Å². The third-order valence-corrected chi connectivity index (χ3v) is 4.54. The number of carbonyl (C=O) groups excluding carboxylic acids is 1. The van der Waals surface area contributed by atoms with Crippen LogP contribution in [-0.2, 0) is 6.54 Å². The second-order valence-electron chi connectivity index (χ2n) is 5.65. The molecule has 0 spiro atoms. The van der Waals surface area contributed by atoms with Crippen LogP contribution in [0.1, 0.15) is 22.7 Å². The Labute approximate surface area is 139 Å². The van der Waals surface area contributed by atoms with Gasteiger partial charge in [0.25, 0.3) is 0 Å². The molecule has 1 fully saturated rings. The lowest BCUT2D eigenvalue weighted by Crippen LogP contribution is -2.39. The Morgan fingerprint density at radius 2 is 2.22 bits per heavy atom. The first-order chi connectivity index (χ1) is 11.1. The summed E-state index contributed by atoms with van der Waals surface area (Å²) in [6.45, 7) is 5.65. The topological polar surface area (TPSA) is 67.3 Å². The minimum atomic E-state index is -0.0521. The maximum atomic E-state index is 12.2. The van der Waals surface area contributed by atoms with E-state index in [1.165, 1.54) is 0 Å². The van der Waals surface area contributed by atoms with Crippen LogP contribution in [0.2, 0.25) is 0 Å². The Morgan fingerprint density at radius 3 is 2.91 bits per heavy atom. The highest BCUT2D eigenvalue weighted by molar-refractivity contribution is 7.09. The fourth-order valence-corrected chi connectivity index (χ4v) is 3.24. The van der Waals surface area contributed by atoms with E-state index >= 15 is 0 Å². The van der Waals surface area contributed by atoms with Crippen LogP contribution < -0.4 is 10.1 Å². The van der Waals surface area contributed by atoms with E-state index in [2.05, 4.69) is 15.3 Å². The summed E-state index contributed by atoms with van der Waals surface area (Å²) in [6, 6.07) is 6.25. The highest BCUT2D eigenvalue weighted by atomic mass is 32.1. The predicted octanol–water partition coefficient (Wildman–Crippen LogP) is 2.52. The smallest absolute Gasteiger partial charge is 0.317 e. The van der Waals surface area contributed by atoms with Gasteiger partial charge in [-0.3, -0.25) is 0 Å². The van der Waals surface area contributed by atoms with Gasteiger partial charge in [-0.1, -0.05) is 6.07 Å². The second-order valence-corrected chi connectivity index (χ2v) is 6.68. The van der Waals surface area contributed by atoms with Crippen LogP contribution in [0.3, 0.4) is 0 Å². The molecule has 6 nitrogen and oxygen atoms in total. The molecule has 2 aromatic heterocycles. The molecule has 1 saturated heterocycles. The van der Waals surface area contributed by atoms with Crippen LogP contribution in [0.4, 0.5) is 4.79 Å². The minimum Gasteiger partial charge on any atom is -0.458 e. The van der Waals surface area contributed by atoms with Gasteiger partial charge in [0.2, 0.25) is 0 Å². The Morgan fingerprint density at radius 1 is 1.43 bits per heavy atom. The Balaban J connectivity index is 1.50. The van der Waals surface area contributed by atoms with Gasteiger partial charge in [0.05, 0.1) is 13.1 Å². The largest absolute Gasteiger partial charge is 0.458 e. The summed E-state index contributed by atoms with van der Waals surface area (Å²) < 4.78 is 5.83. The van der Waals surface area contributed by atoms with Crippen molar-refractivity contribution in [2.24, 2.45) is 0 Å². The van der Waals surface area contributed by atoms with Crippen molar-refractivity contribution < 1.29 is 9.53 Å². The van der Waals surface area contributed by atoms with E-state index in [4.69, 9.17) is 4.74 Å². The molecular weight excluding hydrogens is 312 g/mol.